The quantitative estimate of drug-likeness (QED) is 0.135. The molecule has 0 spiro atoms. The van der Waals surface area contributed by atoms with Crippen molar-refractivity contribution in [3.63, 3.8) is 0 Å². The van der Waals surface area contributed by atoms with Crippen LogP contribution in [0.3, 0.4) is 0 Å². The van der Waals surface area contributed by atoms with Crippen LogP contribution in [-0.4, -0.2) is 224 Å². The van der Waals surface area contributed by atoms with Crippen LogP contribution in [0.5, 0.6) is 0 Å². The number of allylic oxidation sites excluding steroid dienone is 1. The Bertz CT molecular complexity index is 2040. The molecule has 2 bridgehead atoms. The summed E-state index contributed by atoms with van der Waals surface area (Å²) in [7, 11) is 4.53. The Labute approximate surface area is 445 Å². The second-order valence-electron chi connectivity index (χ2n) is 24.4. The molecule has 2 saturated carbocycles. The smallest absolute Gasteiger partial charge is 0.187 e. The predicted molar refractivity (Wildman–Crippen MR) is 259 cm³/mol. The lowest BCUT2D eigenvalue weighted by Crippen LogP contribution is -2.65. The van der Waals surface area contributed by atoms with E-state index in [4.69, 9.17) is 75.8 Å². The number of hydrogen-bond acceptors (Lipinski definition) is 22. The monoisotopic (exact) mass is 1090 g/mol. The van der Waals surface area contributed by atoms with Crippen LogP contribution in [-0.2, 0) is 75.8 Å². The van der Waals surface area contributed by atoms with E-state index in [0.29, 0.717) is 18.9 Å². The number of fused-ring (bicyclic) bond motifs is 3. The van der Waals surface area contributed by atoms with E-state index in [9.17, 15) is 30.6 Å². The molecule has 8 heterocycles. The van der Waals surface area contributed by atoms with Crippen molar-refractivity contribution < 1.29 is 106 Å². The average Bonchev–Trinajstić information content (AvgIpc) is 4.12. The first-order valence-electron chi connectivity index (χ1n) is 28.0. The Hall–Kier alpha value is -1.14. The van der Waals surface area contributed by atoms with Crippen molar-refractivity contribution in [2.75, 3.05) is 34.5 Å². The van der Waals surface area contributed by atoms with Crippen molar-refractivity contribution in [3.05, 3.63) is 11.6 Å². The molecular weight excluding hydrogens is 1000 g/mol. The second-order valence-corrected chi connectivity index (χ2v) is 24.4. The van der Waals surface area contributed by atoms with E-state index in [1.807, 2.05) is 13.8 Å². The second kappa shape index (κ2) is 21.6. The van der Waals surface area contributed by atoms with Crippen molar-refractivity contribution in [2.24, 2.45) is 28.6 Å². The molecular formula is C54H86O22. The third-order valence-corrected chi connectivity index (χ3v) is 20.1. The van der Waals surface area contributed by atoms with Gasteiger partial charge in [0.05, 0.1) is 74.1 Å². The minimum absolute atomic E-state index is 0.0292. The maximum atomic E-state index is 11.6. The SMILES string of the molecule is COC1CC(OC2C(O)CC(O[C@H]3CC[C@@]4(C)C(=CC[C@@H]5[C@@H]4CC[C@]4(C)[C@@H]6[C@H]7CO[C@]6(C)O[C@@]54O7)C3)OC2C)OC(C)C1OC1CC(OC)C(OC2OC(C)C(OC3OC(CO)C(O)C(O)C3O)C(OC)C2O)C(C)O1. The average molecular weight is 1090 g/mol. The van der Waals surface area contributed by atoms with Crippen LogP contribution >= 0.6 is 0 Å². The van der Waals surface area contributed by atoms with Crippen LogP contribution in [0.15, 0.2) is 11.6 Å². The molecule has 0 radical (unpaired) electrons. The maximum Gasteiger partial charge on any atom is 0.187 e. The Morgan fingerprint density at radius 1 is 0.605 bits per heavy atom. The minimum Gasteiger partial charge on any atom is -0.394 e. The number of ether oxygens (including phenoxy) is 16. The van der Waals surface area contributed by atoms with Gasteiger partial charge in [-0.15, -0.1) is 0 Å². The van der Waals surface area contributed by atoms with Gasteiger partial charge in [0.15, 0.2) is 43.0 Å². The molecule has 11 rings (SSSR count). The van der Waals surface area contributed by atoms with E-state index < -0.39 is 153 Å². The molecule has 22 unspecified atom stereocenters. The van der Waals surface area contributed by atoms with Gasteiger partial charge in [0, 0.05) is 51.9 Å². The molecule has 22 heteroatoms. The molecule has 8 aliphatic heterocycles. The van der Waals surface area contributed by atoms with Crippen molar-refractivity contribution in [1.29, 1.82) is 0 Å². The maximum absolute atomic E-state index is 11.6. The molecule has 6 N–H and O–H groups in total. The van der Waals surface area contributed by atoms with Crippen LogP contribution in [0.4, 0.5) is 0 Å². The highest BCUT2D eigenvalue weighted by atomic mass is 16.8. The molecule has 0 aromatic carbocycles. The third kappa shape index (κ3) is 9.42. The summed E-state index contributed by atoms with van der Waals surface area (Å²) in [6, 6.07) is 0. The third-order valence-electron chi connectivity index (χ3n) is 20.1. The summed E-state index contributed by atoms with van der Waals surface area (Å²) in [5, 5.41) is 63.9. The van der Waals surface area contributed by atoms with Crippen molar-refractivity contribution in [2.45, 2.75) is 265 Å². The first-order chi connectivity index (χ1) is 36.2. The first kappa shape index (κ1) is 56.7. The lowest BCUT2D eigenvalue weighted by atomic mass is 9.48. The number of aliphatic hydroxyl groups excluding tert-OH is 6. The molecule has 0 aromatic heterocycles. The summed E-state index contributed by atoms with van der Waals surface area (Å²) in [6.07, 6.45) is -11.5. The van der Waals surface area contributed by atoms with Crippen LogP contribution in [0.2, 0.25) is 0 Å². The van der Waals surface area contributed by atoms with Crippen molar-refractivity contribution >= 4 is 0 Å². The molecule has 0 aromatic rings. The fraction of sp³-hybridized carbons (Fsp3) is 0.963. The normalized spacial score (nSPS) is 56.9. The fourth-order valence-electron chi connectivity index (χ4n) is 16.2. The summed E-state index contributed by atoms with van der Waals surface area (Å²) < 4.78 is 101. The van der Waals surface area contributed by atoms with E-state index in [0.717, 1.165) is 38.5 Å². The Kier molecular flexibility index (Phi) is 16.1. The molecule has 76 heavy (non-hydrogen) atoms. The highest BCUT2D eigenvalue weighted by Crippen LogP contribution is 2.76. The summed E-state index contributed by atoms with van der Waals surface area (Å²) in [6.45, 7) is 14.2. The van der Waals surface area contributed by atoms with E-state index in [2.05, 4.69) is 26.8 Å². The van der Waals surface area contributed by atoms with Gasteiger partial charge < -0.3 is 106 Å². The Morgan fingerprint density at radius 2 is 1.21 bits per heavy atom. The molecule has 22 nitrogen and oxygen atoms in total. The molecule has 8 saturated heterocycles. The van der Waals surface area contributed by atoms with Crippen molar-refractivity contribution in [1.82, 2.24) is 0 Å². The summed E-state index contributed by atoms with van der Waals surface area (Å²) in [5.41, 5.74) is 1.43. The topological polar surface area (TPSA) is 269 Å². The summed E-state index contributed by atoms with van der Waals surface area (Å²) >= 11 is 0. The summed E-state index contributed by atoms with van der Waals surface area (Å²) in [4.78, 5) is 0. The predicted octanol–water partition coefficient (Wildman–Crippen LogP) is 1.67. The first-order valence-corrected chi connectivity index (χ1v) is 28.0. The van der Waals surface area contributed by atoms with Crippen LogP contribution in [0.1, 0.15) is 106 Å². The van der Waals surface area contributed by atoms with Gasteiger partial charge in [0.2, 0.25) is 0 Å². The molecule has 434 valence electrons. The molecule has 31 atom stereocenters. The Morgan fingerprint density at radius 3 is 1.84 bits per heavy atom. The van der Waals surface area contributed by atoms with E-state index in [-0.39, 0.29) is 47.7 Å². The van der Waals surface area contributed by atoms with Gasteiger partial charge >= 0.3 is 0 Å². The van der Waals surface area contributed by atoms with Gasteiger partial charge in [0.1, 0.15) is 61.0 Å². The van der Waals surface area contributed by atoms with Crippen LogP contribution in [0.25, 0.3) is 0 Å². The Balaban J connectivity index is 0.650. The van der Waals surface area contributed by atoms with Gasteiger partial charge in [-0.2, -0.15) is 0 Å². The minimum atomic E-state index is -1.66. The fourth-order valence-corrected chi connectivity index (χ4v) is 16.2. The highest BCUT2D eigenvalue weighted by Gasteiger charge is 2.83. The zero-order valence-electron chi connectivity index (χ0n) is 45.7. The molecule has 11 aliphatic rings. The molecule has 0 amide bonds. The van der Waals surface area contributed by atoms with Gasteiger partial charge in [-0.05, 0) is 84.5 Å². The van der Waals surface area contributed by atoms with Gasteiger partial charge in [-0.25, -0.2) is 0 Å². The zero-order valence-corrected chi connectivity index (χ0v) is 45.7. The number of hydrogen-bond donors (Lipinski definition) is 6. The largest absolute Gasteiger partial charge is 0.394 e. The van der Waals surface area contributed by atoms with Crippen LogP contribution < -0.4 is 0 Å². The van der Waals surface area contributed by atoms with Crippen LogP contribution in [0, 0.1) is 28.6 Å². The van der Waals surface area contributed by atoms with Gasteiger partial charge in [0.25, 0.3) is 0 Å². The number of methoxy groups -OCH3 is 3. The molecule has 10 fully saturated rings. The highest BCUT2D eigenvalue weighted by molar-refractivity contribution is 5.30. The zero-order chi connectivity index (χ0) is 54.0. The van der Waals surface area contributed by atoms with Gasteiger partial charge in [-0.1, -0.05) is 25.5 Å². The summed E-state index contributed by atoms with van der Waals surface area (Å²) in [5.74, 6) is -0.177. The lowest BCUT2D eigenvalue weighted by molar-refractivity contribution is -0.374. The lowest BCUT2D eigenvalue weighted by Gasteiger charge is -2.59. The number of rotatable bonds is 14. The van der Waals surface area contributed by atoms with E-state index >= 15 is 0 Å². The number of aliphatic hydroxyl groups is 6. The van der Waals surface area contributed by atoms with E-state index in [1.54, 1.807) is 28.1 Å². The van der Waals surface area contributed by atoms with E-state index in [1.165, 1.54) is 12.7 Å². The van der Waals surface area contributed by atoms with Gasteiger partial charge in [-0.3, -0.25) is 0 Å². The standard InChI is InChI=1S/C54H86O22/c1-23-43(31(56)18-36(65-23)69-28-13-15-51(5)27(17-28)11-12-30-29(51)14-16-52(6)48-35-22-64-53(48,7)76-54(30,52)75-35)71-37-19-32(61-8)44(24(2)66-37)72-38-20-33(62-9)45(25(3)67-38)73-50-42(60)47(63-10)46(26(4)68-50)74-49-41(59)40(58)39(57)34(21-55)70-49/h11,23-26,28-50,55-60H,12-22H2,1-10H3/t23?,24?,25?,26?,28-,29-,30+,31?,32?,33?,34?,35+,36?,37?,38?,39?,40?,41?,42?,43?,44?,45?,46?,47?,48-,49?,50?,51-,52+,53+,54-/m0/s1. The van der Waals surface area contributed by atoms with Crippen molar-refractivity contribution in [3.8, 4) is 0 Å². The molecule has 3 aliphatic carbocycles.